The molecule has 124 heavy (non-hydrogen) atoms. The highest BCUT2D eigenvalue weighted by Gasteiger charge is 2.40. The third kappa shape index (κ3) is 13.8. The van der Waals surface area contributed by atoms with E-state index in [4.69, 9.17) is 4.74 Å². The zero-order valence-electron chi connectivity index (χ0n) is 68.4. The van der Waals surface area contributed by atoms with Gasteiger partial charge in [-0.2, -0.15) is 0 Å². The Labute approximate surface area is 724 Å². The lowest BCUT2D eigenvalue weighted by molar-refractivity contribution is 0.477. The fourth-order valence-electron chi connectivity index (χ4n) is 17.9. The second-order valence-corrected chi connectivity index (χ2v) is 37.3. The molecule has 13 nitrogen and oxygen atoms in total. The van der Waals surface area contributed by atoms with Crippen LogP contribution in [0.3, 0.4) is 0 Å². The molecule has 0 atom stereocenters. The van der Waals surface area contributed by atoms with Crippen LogP contribution in [-0.2, 0) is 5.41 Å². The monoisotopic (exact) mass is 1630 g/mol. The third-order valence-corrected chi connectivity index (χ3v) is 28.5. The molecular weight excluding hydrogens is 1550 g/mol. The summed E-state index contributed by atoms with van der Waals surface area (Å²) in [6, 6.07) is 135. The first kappa shape index (κ1) is 75.9. The quantitative estimate of drug-likeness (QED) is 0.134. The molecule has 4 aliphatic rings. The van der Waals surface area contributed by atoms with Crippen LogP contribution in [0.1, 0.15) is 25.0 Å². The van der Waals surface area contributed by atoms with Crippen molar-refractivity contribution < 1.29 is 4.74 Å². The molecule has 0 fully saturated rings. The summed E-state index contributed by atoms with van der Waals surface area (Å²) in [7, 11) is -1.78. The van der Waals surface area contributed by atoms with E-state index < -0.39 is 8.07 Å². The van der Waals surface area contributed by atoms with E-state index in [-0.39, 0.29) is 5.41 Å². The molecule has 592 valence electrons. The molecule has 0 spiro atoms. The van der Waals surface area contributed by atoms with Crippen LogP contribution >= 0.6 is 11.8 Å². The number of fused-ring (bicyclic) bond motifs is 12. The summed E-state index contributed by atoms with van der Waals surface area (Å²) in [4.78, 5) is 48.5. The van der Waals surface area contributed by atoms with Crippen LogP contribution < -0.4 is 34.7 Å². The Morgan fingerprint density at radius 3 is 0.855 bits per heavy atom. The van der Waals surface area contributed by atoms with Gasteiger partial charge in [0.1, 0.15) is 33.4 Å². The normalized spacial score (nSPS) is 13.3. The molecule has 4 aliphatic heterocycles. The van der Waals surface area contributed by atoms with Crippen LogP contribution in [0, 0.1) is 0 Å². The number of nitrogens with zero attached hydrogens (tertiary/aromatic N) is 12. The molecule has 0 saturated heterocycles. The van der Waals surface area contributed by atoms with Crippen LogP contribution in [0.15, 0.2) is 423 Å². The second kappa shape index (κ2) is 32.2. The lowest BCUT2D eigenvalue weighted by Gasteiger charge is -2.42. The lowest BCUT2D eigenvalue weighted by atomic mass is 9.73. The molecule has 0 unspecified atom stereocenters. The van der Waals surface area contributed by atoms with Gasteiger partial charge >= 0.3 is 0 Å². The summed E-state index contributed by atoms with van der Waals surface area (Å²) in [6.45, 7) is 9.51. The van der Waals surface area contributed by atoms with Crippen molar-refractivity contribution in [3.63, 3.8) is 0 Å². The van der Waals surface area contributed by atoms with E-state index in [2.05, 4.69) is 365 Å². The molecule has 0 aliphatic carbocycles. The Morgan fingerprint density at radius 2 is 0.508 bits per heavy atom. The molecule has 0 bridgehead atoms. The molecule has 20 aromatic rings. The Balaban J connectivity index is 0.000000101. The highest BCUT2D eigenvalue weighted by atomic mass is 32.2. The van der Waals surface area contributed by atoms with Crippen LogP contribution in [-0.4, -0.2) is 47.9 Å². The number of rotatable bonds is 8. The van der Waals surface area contributed by atoms with E-state index in [0.717, 1.165) is 134 Å². The Hall–Kier alpha value is -15.6. The topological polar surface area (TPSA) is 125 Å². The molecular formula is C109H80N12OSSi. The van der Waals surface area contributed by atoms with Gasteiger partial charge in [0.2, 0.25) is 0 Å². The average molecular weight is 1630 g/mol. The number of para-hydroxylation sites is 10. The predicted octanol–water partition coefficient (Wildman–Crippen LogP) is 27.4. The van der Waals surface area contributed by atoms with Crippen LogP contribution in [0.4, 0.5) is 68.2 Å². The number of hydrogen-bond donors (Lipinski definition) is 0. The SMILES string of the molecule is CC1(C)c2ccccc2N(c2ccc3c(-c4ccccc4)ncnc3c2)c2ccccc21.C[Si]1(C)c2ccccc2N(c2ccc3c(-c4ccccc4)ncnc3c2)c2ccccc21.c1ccc(-c2ncnc3cc(N4c5ccccc5Oc5ccccc54)ccc23)cc1.c1ccc(-c2ncnc3cc(N4c5ccccc5Sc5ccccc54)ccc23)cc1. The maximum atomic E-state index is 6.13. The molecule has 0 saturated carbocycles. The number of benzene rings is 16. The van der Waals surface area contributed by atoms with Gasteiger partial charge in [0.15, 0.2) is 11.5 Å². The number of ether oxygens (including phenoxy) is 1. The first-order valence-corrected chi connectivity index (χ1v) is 45.4. The highest BCUT2D eigenvalue weighted by molar-refractivity contribution is 7.99. The average Bonchev–Trinajstić information content (AvgIpc) is 0.724. The van der Waals surface area contributed by atoms with E-state index in [9.17, 15) is 0 Å². The maximum Gasteiger partial charge on any atom is 0.151 e. The molecule has 0 amide bonds. The second-order valence-electron chi connectivity index (χ2n) is 31.9. The highest BCUT2D eigenvalue weighted by Crippen LogP contribution is 2.55. The van der Waals surface area contributed by atoms with Crippen molar-refractivity contribution in [2.24, 2.45) is 0 Å². The maximum absolute atomic E-state index is 6.13. The number of anilines is 12. The molecule has 24 rings (SSSR count). The summed E-state index contributed by atoms with van der Waals surface area (Å²) in [5.41, 5.74) is 28.3. The van der Waals surface area contributed by atoms with Crippen molar-refractivity contribution in [1.82, 2.24) is 39.9 Å². The Bertz CT molecular complexity index is 6820. The molecule has 4 aromatic heterocycles. The van der Waals surface area contributed by atoms with Gasteiger partial charge in [-0.1, -0.05) is 281 Å². The van der Waals surface area contributed by atoms with Gasteiger partial charge in [-0.3, -0.25) is 0 Å². The van der Waals surface area contributed by atoms with Gasteiger partial charge in [-0.15, -0.1) is 0 Å². The molecule has 0 N–H and O–H groups in total. The largest absolute Gasteiger partial charge is 0.453 e. The van der Waals surface area contributed by atoms with Crippen LogP contribution in [0.5, 0.6) is 11.5 Å². The number of hydrogen-bond acceptors (Lipinski definition) is 14. The van der Waals surface area contributed by atoms with Crippen molar-refractivity contribution in [1.29, 1.82) is 0 Å². The standard InChI is InChI=1S/C29H23N3.C28H23N3Si.C26H17N3O.C26H17N3S/c1-29(2)23-12-6-8-14-26(23)32(27-15-9-7-13-24(27)29)21-16-17-22-25(18-21)30-19-31-28(22)20-10-4-3-5-11-20;1-32(2)26-14-8-6-12-24(26)31(25-13-7-9-15-27(25)32)21-16-17-22-23(18-21)29-19-30-28(22)20-10-4-3-5-11-20;2*1-2-8-18(9-3-1)26-20-15-14-19(16-21(20)27-17-28-26)29-22-10-4-6-12-24(22)30-25-13-7-5-11-23(25)29/h2*3-19H,1-2H3;2*1-17H. The van der Waals surface area contributed by atoms with Gasteiger partial charge in [-0.05, 0) is 167 Å². The van der Waals surface area contributed by atoms with E-state index in [1.807, 2.05) is 121 Å². The fraction of sp³-hybridized carbons (Fsp3) is 0.0459. The summed E-state index contributed by atoms with van der Waals surface area (Å²) >= 11 is 1.82. The minimum Gasteiger partial charge on any atom is -0.453 e. The van der Waals surface area contributed by atoms with E-state index in [0.29, 0.717) is 0 Å². The zero-order chi connectivity index (χ0) is 83.2. The van der Waals surface area contributed by atoms with E-state index in [1.165, 1.54) is 65.4 Å². The van der Waals surface area contributed by atoms with Gasteiger partial charge in [0.05, 0.1) is 79.0 Å². The smallest absolute Gasteiger partial charge is 0.151 e. The van der Waals surface area contributed by atoms with Gasteiger partial charge in [0.25, 0.3) is 0 Å². The molecule has 16 aromatic carbocycles. The van der Waals surface area contributed by atoms with Crippen molar-refractivity contribution in [3.05, 3.63) is 425 Å². The molecule has 0 radical (unpaired) electrons. The van der Waals surface area contributed by atoms with Crippen LogP contribution in [0.2, 0.25) is 13.1 Å². The zero-order valence-corrected chi connectivity index (χ0v) is 70.3. The molecule has 15 heteroatoms. The Morgan fingerprint density at radius 1 is 0.250 bits per heavy atom. The minimum atomic E-state index is -1.78. The minimum absolute atomic E-state index is 0.0663. The van der Waals surface area contributed by atoms with Crippen LogP contribution in [0.25, 0.3) is 88.6 Å². The van der Waals surface area contributed by atoms with Crippen molar-refractivity contribution in [2.45, 2.75) is 42.1 Å². The van der Waals surface area contributed by atoms with E-state index in [1.54, 1.807) is 25.3 Å². The summed E-state index contributed by atoms with van der Waals surface area (Å²) in [6.07, 6.45) is 6.62. The lowest BCUT2D eigenvalue weighted by Crippen LogP contribution is -2.58. The van der Waals surface area contributed by atoms with Gasteiger partial charge in [-0.25, -0.2) is 39.9 Å². The Kier molecular flexibility index (Phi) is 19.7. The van der Waals surface area contributed by atoms with Crippen molar-refractivity contribution in [3.8, 4) is 56.5 Å². The molecule has 8 heterocycles. The summed E-state index contributed by atoms with van der Waals surface area (Å²) in [5.74, 6) is 1.67. The first-order valence-electron chi connectivity index (χ1n) is 41.6. The van der Waals surface area contributed by atoms with E-state index >= 15 is 0 Å². The first-order chi connectivity index (χ1) is 61.1. The third-order valence-electron chi connectivity index (χ3n) is 23.8. The van der Waals surface area contributed by atoms with Gasteiger partial charge < -0.3 is 24.3 Å². The van der Waals surface area contributed by atoms with Crippen molar-refractivity contribution >= 4 is 142 Å². The fourth-order valence-corrected chi connectivity index (χ4v) is 21.9. The summed E-state index contributed by atoms with van der Waals surface area (Å²) in [5, 5.41) is 7.14. The summed E-state index contributed by atoms with van der Waals surface area (Å²) < 4.78 is 6.13. The van der Waals surface area contributed by atoms with Gasteiger partial charge in [0, 0.05) is 93.1 Å². The predicted molar refractivity (Wildman–Crippen MR) is 512 cm³/mol. The number of aromatic nitrogens is 8. The van der Waals surface area contributed by atoms with Crippen molar-refractivity contribution in [2.75, 3.05) is 19.6 Å².